The molecular weight excluding hydrogens is 268 g/mol. The van der Waals surface area contributed by atoms with Crippen LogP contribution in [0.5, 0.6) is 0 Å². The first-order valence-electron chi connectivity index (χ1n) is 8.18. The lowest BCUT2D eigenvalue weighted by molar-refractivity contribution is -0.145. The molecule has 2 fully saturated rings. The molecule has 0 saturated carbocycles. The molecule has 0 aromatic heterocycles. The van der Waals surface area contributed by atoms with Crippen molar-refractivity contribution in [2.45, 2.75) is 71.0 Å². The molecule has 2 rings (SSSR count). The van der Waals surface area contributed by atoms with Crippen molar-refractivity contribution in [2.24, 2.45) is 5.92 Å². The van der Waals surface area contributed by atoms with Gasteiger partial charge in [-0.3, -0.25) is 14.5 Å². The van der Waals surface area contributed by atoms with Crippen LogP contribution in [0.4, 0.5) is 0 Å². The van der Waals surface area contributed by atoms with Crippen molar-refractivity contribution >= 4 is 11.9 Å². The lowest BCUT2D eigenvalue weighted by atomic mass is 9.91. The van der Waals surface area contributed by atoms with Crippen LogP contribution in [-0.4, -0.2) is 58.0 Å². The van der Waals surface area contributed by atoms with Crippen LogP contribution in [-0.2, 0) is 9.59 Å². The number of piperidine rings is 2. The van der Waals surface area contributed by atoms with E-state index in [1.807, 2.05) is 11.8 Å². The lowest BCUT2D eigenvalue weighted by Gasteiger charge is -2.42. The fourth-order valence-corrected chi connectivity index (χ4v) is 3.85. The molecule has 0 aliphatic carbocycles. The molecule has 1 amide bonds. The average Bonchev–Trinajstić information content (AvgIpc) is 2.40. The molecule has 0 radical (unpaired) electrons. The highest BCUT2D eigenvalue weighted by Gasteiger charge is 2.34. The third kappa shape index (κ3) is 3.76. The van der Waals surface area contributed by atoms with Gasteiger partial charge in [-0.05, 0) is 59.4 Å². The molecule has 2 aliphatic heterocycles. The molecule has 0 aromatic carbocycles. The van der Waals surface area contributed by atoms with Crippen LogP contribution in [0.2, 0.25) is 0 Å². The molecule has 0 spiro atoms. The normalized spacial score (nSPS) is 34.7. The van der Waals surface area contributed by atoms with Crippen LogP contribution >= 0.6 is 0 Å². The Bertz CT molecular complexity index is 389. The summed E-state index contributed by atoms with van der Waals surface area (Å²) < 4.78 is 0. The molecule has 21 heavy (non-hydrogen) atoms. The van der Waals surface area contributed by atoms with Gasteiger partial charge in [0.05, 0.1) is 12.5 Å². The average molecular weight is 296 g/mol. The molecule has 0 bridgehead atoms. The zero-order valence-corrected chi connectivity index (χ0v) is 13.4. The van der Waals surface area contributed by atoms with Gasteiger partial charge in [0, 0.05) is 18.1 Å². The Morgan fingerprint density at radius 1 is 1.05 bits per heavy atom. The van der Waals surface area contributed by atoms with Gasteiger partial charge in [0.25, 0.3) is 0 Å². The Morgan fingerprint density at radius 3 is 2.19 bits per heavy atom. The summed E-state index contributed by atoms with van der Waals surface area (Å²) in [5.74, 6) is -0.749. The van der Waals surface area contributed by atoms with Crippen LogP contribution in [0.25, 0.3) is 0 Å². The van der Waals surface area contributed by atoms with Gasteiger partial charge in [0.2, 0.25) is 5.91 Å². The zero-order valence-electron chi connectivity index (χ0n) is 13.4. The predicted molar refractivity (Wildman–Crippen MR) is 81.0 cm³/mol. The highest BCUT2D eigenvalue weighted by atomic mass is 16.4. The van der Waals surface area contributed by atoms with Gasteiger partial charge in [0.1, 0.15) is 0 Å². The van der Waals surface area contributed by atoms with E-state index >= 15 is 0 Å². The van der Waals surface area contributed by atoms with E-state index in [4.69, 9.17) is 5.11 Å². The zero-order chi connectivity index (χ0) is 15.6. The molecule has 5 nitrogen and oxygen atoms in total. The fourth-order valence-electron chi connectivity index (χ4n) is 3.85. The number of aliphatic carboxylic acids is 1. The molecule has 120 valence electrons. The Kier molecular flexibility index (Phi) is 5.25. The number of hydrogen-bond acceptors (Lipinski definition) is 3. The molecule has 2 aliphatic rings. The summed E-state index contributed by atoms with van der Waals surface area (Å²) in [7, 11) is 0. The van der Waals surface area contributed by atoms with Crippen molar-refractivity contribution in [2.75, 3.05) is 13.1 Å². The van der Waals surface area contributed by atoms with Crippen LogP contribution in [0, 0.1) is 5.92 Å². The third-order valence-corrected chi connectivity index (χ3v) is 5.18. The molecular formula is C16H28N2O3. The molecule has 5 heteroatoms. The van der Waals surface area contributed by atoms with E-state index in [1.54, 1.807) is 0 Å². The number of carboxylic acid groups (broad SMARTS) is 1. The maximum atomic E-state index is 12.6. The van der Waals surface area contributed by atoms with Gasteiger partial charge in [-0.2, -0.15) is 0 Å². The first kappa shape index (κ1) is 16.3. The van der Waals surface area contributed by atoms with E-state index in [0.29, 0.717) is 38.0 Å². The van der Waals surface area contributed by atoms with Gasteiger partial charge in [-0.25, -0.2) is 0 Å². The van der Waals surface area contributed by atoms with Crippen LogP contribution in [0.15, 0.2) is 0 Å². The van der Waals surface area contributed by atoms with Crippen LogP contribution in [0.1, 0.15) is 52.9 Å². The summed E-state index contributed by atoms with van der Waals surface area (Å²) in [6.07, 6.45) is 4.68. The van der Waals surface area contributed by atoms with Crippen LogP contribution in [0.3, 0.4) is 0 Å². The topological polar surface area (TPSA) is 60.9 Å². The number of likely N-dealkylation sites (tertiary alicyclic amines) is 2. The molecule has 2 heterocycles. The quantitative estimate of drug-likeness (QED) is 0.865. The first-order valence-corrected chi connectivity index (χ1v) is 8.18. The summed E-state index contributed by atoms with van der Waals surface area (Å²) in [6, 6.07) is 0.820. The minimum Gasteiger partial charge on any atom is -0.481 e. The smallest absolute Gasteiger partial charge is 0.306 e. The minimum atomic E-state index is -0.703. The summed E-state index contributed by atoms with van der Waals surface area (Å²) in [5.41, 5.74) is 0. The van der Waals surface area contributed by atoms with E-state index in [9.17, 15) is 9.59 Å². The van der Waals surface area contributed by atoms with Crippen LogP contribution < -0.4 is 0 Å². The second-order valence-corrected chi connectivity index (χ2v) is 6.81. The fraction of sp³-hybridized carbons (Fsp3) is 0.875. The van der Waals surface area contributed by atoms with Gasteiger partial charge in [-0.15, -0.1) is 0 Å². The van der Waals surface area contributed by atoms with Gasteiger partial charge >= 0.3 is 5.97 Å². The van der Waals surface area contributed by atoms with Crippen molar-refractivity contribution < 1.29 is 14.7 Å². The van der Waals surface area contributed by atoms with E-state index in [1.165, 1.54) is 6.42 Å². The van der Waals surface area contributed by atoms with E-state index in [0.717, 1.165) is 12.8 Å². The number of rotatable bonds is 3. The number of carbonyl (C=O) groups is 2. The first-order chi connectivity index (χ1) is 9.90. The molecule has 4 atom stereocenters. The highest BCUT2D eigenvalue weighted by molar-refractivity contribution is 5.79. The second-order valence-electron chi connectivity index (χ2n) is 6.81. The number of nitrogens with zero attached hydrogens (tertiary/aromatic N) is 2. The summed E-state index contributed by atoms with van der Waals surface area (Å²) in [6.45, 7) is 7.44. The van der Waals surface area contributed by atoms with E-state index in [-0.39, 0.29) is 17.9 Å². The van der Waals surface area contributed by atoms with Crippen molar-refractivity contribution in [3.63, 3.8) is 0 Å². The molecule has 2 saturated heterocycles. The van der Waals surface area contributed by atoms with E-state index < -0.39 is 5.97 Å². The monoisotopic (exact) mass is 296 g/mol. The number of carboxylic acids is 1. The van der Waals surface area contributed by atoms with Crippen molar-refractivity contribution in [3.8, 4) is 0 Å². The van der Waals surface area contributed by atoms with Crippen molar-refractivity contribution in [3.05, 3.63) is 0 Å². The Balaban J connectivity index is 1.92. The number of carbonyl (C=O) groups excluding carboxylic acids is 1. The van der Waals surface area contributed by atoms with Gasteiger partial charge in [-0.1, -0.05) is 0 Å². The lowest BCUT2D eigenvalue weighted by Crippen LogP contribution is -2.53. The van der Waals surface area contributed by atoms with Gasteiger partial charge < -0.3 is 10.0 Å². The second kappa shape index (κ2) is 6.77. The Labute approximate surface area is 127 Å². The summed E-state index contributed by atoms with van der Waals surface area (Å²) in [4.78, 5) is 27.9. The SMILES string of the molecule is CC1CC(C(=O)O)CCN1CC(=O)N1C(C)CCCC1C. The van der Waals surface area contributed by atoms with Crippen molar-refractivity contribution in [1.82, 2.24) is 9.80 Å². The largest absolute Gasteiger partial charge is 0.481 e. The molecule has 0 aromatic rings. The Hall–Kier alpha value is -1.10. The number of hydrogen-bond donors (Lipinski definition) is 1. The van der Waals surface area contributed by atoms with Crippen molar-refractivity contribution in [1.29, 1.82) is 0 Å². The maximum absolute atomic E-state index is 12.6. The molecule has 4 unspecified atom stereocenters. The Morgan fingerprint density at radius 2 is 1.67 bits per heavy atom. The standard InChI is InChI=1S/C16H28N2O3/c1-11-5-4-6-12(2)18(11)15(19)10-17-8-7-14(16(20)21)9-13(17)3/h11-14H,4-10H2,1-3H3,(H,20,21). The third-order valence-electron chi connectivity index (χ3n) is 5.18. The number of amides is 1. The molecule has 1 N–H and O–H groups in total. The van der Waals surface area contributed by atoms with Gasteiger partial charge in [0.15, 0.2) is 0 Å². The maximum Gasteiger partial charge on any atom is 0.306 e. The van der Waals surface area contributed by atoms with E-state index in [2.05, 4.69) is 18.7 Å². The highest BCUT2D eigenvalue weighted by Crippen LogP contribution is 2.25. The summed E-state index contributed by atoms with van der Waals surface area (Å²) >= 11 is 0. The summed E-state index contributed by atoms with van der Waals surface area (Å²) in [5, 5.41) is 9.10. The predicted octanol–water partition coefficient (Wildman–Crippen LogP) is 1.96. The minimum absolute atomic E-state index is 0.166.